The maximum absolute atomic E-state index is 13.7. The summed E-state index contributed by atoms with van der Waals surface area (Å²) in [7, 11) is 4.74. The lowest BCUT2D eigenvalue weighted by molar-refractivity contribution is 0.186. The molecule has 0 fully saturated rings. The maximum Gasteiger partial charge on any atom is 0.203 e. The van der Waals surface area contributed by atoms with Crippen molar-refractivity contribution in [2.45, 2.75) is 32.6 Å². The van der Waals surface area contributed by atoms with E-state index in [0.29, 0.717) is 69.5 Å². The zero-order valence-electron chi connectivity index (χ0n) is 22.0. The van der Waals surface area contributed by atoms with Crippen molar-refractivity contribution < 1.29 is 19.4 Å². The first-order valence-corrected chi connectivity index (χ1v) is 12.9. The summed E-state index contributed by atoms with van der Waals surface area (Å²) in [6, 6.07) is 8.78. The Hall–Kier alpha value is -3.23. The molecule has 1 N–H and O–H groups in total. The van der Waals surface area contributed by atoms with Gasteiger partial charge in [0.25, 0.3) is 0 Å². The molecule has 198 valence electrons. The number of nitrogens with zero attached hydrogens (tertiary/aromatic N) is 3. The quantitative estimate of drug-likeness (QED) is 0.403. The number of rotatable bonds is 9. The number of hydrogen-bond donors (Lipinski definition) is 1. The fourth-order valence-electron chi connectivity index (χ4n) is 5.10. The van der Waals surface area contributed by atoms with Gasteiger partial charge in [-0.3, -0.25) is 9.79 Å². The van der Waals surface area contributed by atoms with Gasteiger partial charge < -0.3 is 24.3 Å². The minimum atomic E-state index is -0.164. The van der Waals surface area contributed by atoms with Gasteiger partial charge in [-0.1, -0.05) is 25.4 Å². The van der Waals surface area contributed by atoms with Crippen LogP contribution in [0.4, 0.5) is 0 Å². The van der Waals surface area contributed by atoms with Gasteiger partial charge in [-0.25, -0.2) is 0 Å². The predicted octanol–water partition coefficient (Wildman–Crippen LogP) is 4.78. The number of methoxy groups -OCH3 is 3. The molecule has 0 amide bonds. The third-order valence-electron chi connectivity index (χ3n) is 7.14. The summed E-state index contributed by atoms with van der Waals surface area (Å²) in [5.74, 6) is 1.55. The normalized spacial score (nSPS) is 16.3. The number of benzene rings is 2. The first-order valence-electron chi connectivity index (χ1n) is 12.5. The molecular formula is C28H34ClN3O5. The molecule has 1 aromatic heterocycles. The highest BCUT2D eigenvalue weighted by Gasteiger charge is 2.32. The molecule has 0 radical (unpaired) electrons. The minimum Gasteiger partial charge on any atom is -0.493 e. The van der Waals surface area contributed by atoms with Gasteiger partial charge in [0.15, 0.2) is 16.9 Å². The number of fused-ring (bicyclic) bond motifs is 2. The van der Waals surface area contributed by atoms with E-state index in [4.69, 9.17) is 30.8 Å². The Morgan fingerprint density at radius 3 is 2.32 bits per heavy atom. The van der Waals surface area contributed by atoms with Crippen molar-refractivity contribution in [3.63, 3.8) is 0 Å². The highest BCUT2D eigenvalue weighted by molar-refractivity contribution is 6.31. The van der Waals surface area contributed by atoms with Gasteiger partial charge in [0.1, 0.15) is 0 Å². The second-order valence-electron chi connectivity index (χ2n) is 9.04. The van der Waals surface area contributed by atoms with Gasteiger partial charge in [-0.2, -0.15) is 4.73 Å². The summed E-state index contributed by atoms with van der Waals surface area (Å²) >= 11 is 6.20. The van der Waals surface area contributed by atoms with E-state index >= 15 is 0 Å². The number of pyridine rings is 1. The van der Waals surface area contributed by atoms with Crippen LogP contribution in [0.3, 0.4) is 0 Å². The summed E-state index contributed by atoms with van der Waals surface area (Å²) in [5.41, 5.74) is 2.87. The van der Waals surface area contributed by atoms with E-state index in [1.165, 1.54) is 0 Å². The molecule has 1 aliphatic rings. The number of aliphatic imine (C=N–C) groups is 1. The number of aromatic nitrogens is 1. The molecule has 1 atom stereocenters. The van der Waals surface area contributed by atoms with E-state index in [0.717, 1.165) is 29.9 Å². The van der Waals surface area contributed by atoms with Crippen LogP contribution >= 0.6 is 11.6 Å². The van der Waals surface area contributed by atoms with Crippen LogP contribution in [0.25, 0.3) is 10.9 Å². The first-order chi connectivity index (χ1) is 17.9. The second kappa shape index (κ2) is 11.4. The summed E-state index contributed by atoms with van der Waals surface area (Å²) in [6.07, 6.45) is 0.971. The van der Waals surface area contributed by atoms with Gasteiger partial charge in [-0.15, -0.1) is 0 Å². The molecular weight excluding hydrogens is 494 g/mol. The Balaban J connectivity index is 1.87. The fourth-order valence-corrected chi connectivity index (χ4v) is 5.27. The monoisotopic (exact) mass is 527 g/mol. The number of likely N-dealkylation sites (N-methyl/N-ethyl adjacent to an activating group) is 1. The van der Waals surface area contributed by atoms with Crippen molar-refractivity contribution in [1.29, 1.82) is 0 Å². The Labute approximate surface area is 222 Å². The predicted molar refractivity (Wildman–Crippen MR) is 147 cm³/mol. The van der Waals surface area contributed by atoms with Crippen molar-refractivity contribution >= 4 is 28.2 Å². The molecule has 0 saturated carbocycles. The van der Waals surface area contributed by atoms with Gasteiger partial charge in [0.05, 0.1) is 50.0 Å². The summed E-state index contributed by atoms with van der Waals surface area (Å²) in [5, 5.41) is 12.1. The van der Waals surface area contributed by atoms with E-state index < -0.39 is 0 Å². The van der Waals surface area contributed by atoms with E-state index in [1.807, 2.05) is 12.1 Å². The van der Waals surface area contributed by atoms with Crippen LogP contribution in [0, 0.1) is 0 Å². The zero-order valence-corrected chi connectivity index (χ0v) is 22.8. The first kappa shape index (κ1) is 26.8. The molecule has 0 spiro atoms. The molecule has 37 heavy (non-hydrogen) atoms. The molecule has 2 aromatic carbocycles. The summed E-state index contributed by atoms with van der Waals surface area (Å²) < 4.78 is 17.8. The maximum atomic E-state index is 13.7. The van der Waals surface area contributed by atoms with Gasteiger partial charge >= 0.3 is 0 Å². The molecule has 1 heterocycles. The van der Waals surface area contributed by atoms with Crippen molar-refractivity contribution in [2.75, 3.05) is 47.5 Å². The Morgan fingerprint density at radius 1 is 1.05 bits per heavy atom. The lowest BCUT2D eigenvalue weighted by atomic mass is 9.80. The van der Waals surface area contributed by atoms with Crippen molar-refractivity contribution in [1.82, 2.24) is 9.63 Å². The van der Waals surface area contributed by atoms with Crippen LogP contribution in [0.2, 0.25) is 5.02 Å². The highest BCUT2D eigenvalue weighted by Crippen LogP contribution is 2.43. The van der Waals surface area contributed by atoms with Crippen LogP contribution in [-0.2, 0) is 6.42 Å². The molecule has 0 saturated heterocycles. The highest BCUT2D eigenvalue weighted by atomic mass is 35.5. The van der Waals surface area contributed by atoms with Gasteiger partial charge in [0.2, 0.25) is 5.75 Å². The molecule has 4 rings (SSSR count). The topological polar surface area (TPSA) is 85.5 Å². The zero-order chi connectivity index (χ0) is 26.7. The Bertz CT molecular complexity index is 1360. The van der Waals surface area contributed by atoms with Crippen LogP contribution in [0.15, 0.2) is 40.1 Å². The standard InChI is InChI=1S/C28H34ClN3O5/c1-6-31(7-2)11-10-30-21-12-17(18-14-24(35-3)28(37-5)25(15-18)36-4)13-23-26(21)27(33)20-16-19(29)8-9-22(20)32(23)34/h8-9,14-17,34H,6-7,10-13H2,1-5H3. The van der Waals surface area contributed by atoms with E-state index in [2.05, 4.69) is 18.7 Å². The van der Waals surface area contributed by atoms with E-state index in [1.54, 1.807) is 39.5 Å². The van der Waals surface area contributed by atoms with Crippen LogP contribution in [0.1, 0.15) is 43.0 Å². The molecule has 8 nitrogen and oxygen atoms in total. The van der Waals surface area contributed by atoms with E-state index in [9.17, 15) is 10.0 Å². The second-order valence-corrected chi connectivity index (χ2v) is 9.48. The molecule has 1 unspecified atom stereocenters. The van der Waals surface area contributed by atoms with Gasteiger partial charge in [-0.05, 0) is 67.7 Å². The Morgan fingerprint density at radius 2 is 1.73 bits per heavy atom. The van der Waals surface area contributed by atoms with E-state index in [-0.39, 0.29) is 11.3 Å². The fraction of sp³-hybridized carbons (Fsp3) is 0.429. The SMILES string of the molecule is CCN(CC)CCN=C1CC(c2cc(OC)c(OC)c(OC)c2)Cc2c1c(=O)c1cc(Cl)ccc1n2O. The molecule has 3 aromatic rings. The summed E-state index contributed by atoms with van der Waals surface area (Å²) in [6.45, 7) is 7.43. The molecule has 9 heteroatoms. The lowest BCUT2D eigenvalue weighted by Crippen LogP contribution is -2.32. The number of ether oxygens (including phenoxy) is 3. The number of hydrogen-bond acceptors (Lipinski definition) is 7. The number of halogens is 1. The average molecular weight is 528 g/mol. The van der Waals surface area contributed by atoms with Crippen molar-refractivity contribution in [2.24, 2.45) is 4.99 Å². The van der Waals surface area contributed by atoms with Crippen LogP contribution in [0.5, 0.6) is 17.2 Å². The third kappa shape index (κ3) is 5.13. The van der Waals surface area contributed by atoms with Crippen LogP contribution in [-0.4, -0.2) is 68.1 Å². The molecule has 0 aliphatic heterocycles. The largest absolute Gasteiger partial charge is 0.493 e. The summed E-state index contributed by atoms with van der Waals surface area (Å²) in [4.78, 5) is 20.9. The average Bonchev–Trinajstić information content (AvgIpc) is 2.92. The Kier molecular flexibility index (Phi) is 8.29. The molecule has 0 bridgehead atoms. The third-order valence-corrected chi connectivity index (χ3v) is 7.38. The van der Waals surface area contributed by atoms with Gasteiger partial charge in [0, 0.05) is 17.3 Å². The minimum absolute atomic E-state index is 0.0732. The van der Waals surface area contributed by atoms with Crippen molar-refractivity contribution in [3.05, 3.63) is 62.4 Å². The van der Waals surface area contributed by atoms with Crippen LogP contribution < -0.4 is 19.6 Å². The molecule has 1 aliphatic carbocycles. The van der Waals surface area contributed by atoms with Crippen molar-refractivity contribution in [3.8, 4) is 17.2 Å². The smallest absolute Gasteiger partial charge is 0.203 e. The lowest BCUT2D eigenvalue weighted by Gasteiger charge is -2.29.